The summed E-state index contributed by atoms with van der Waals surface area (Å²) >= 11 is 9.34. The lowest BCUT2D eigenvalue weighted by atomic mass is 9.94. The largest absolute Gasteiger partial charge is 0.294 e. The van der Waals surface area contributed by atoms with Crippen molar-refractivity contribution in [1.29, 1.82) is 0 Å². The van der Waals surface area contributed by atoms with Gasteiger partial charge in [0.15, 0.2) is 17.3 Å². The van der Waals surface area contributed by atoms with E-state index in [4.69, 9.17) is 11.6 Å². The Morgan fingerprint density at radius 2 is 0.867 bits per heavy atom. The first-order valence-electron chi connectivity index (χ1n) is 19.6. The van der Waals surface area contributed by atoms with Gasteiger partial charge in [-0.05, 0) is 147 Å². The second-order valence-corrected chi connectivity index (χ2v) is 15.5. The van der Waals surface area contributed by atoms with Gasteiger partial charge in [0.1, 0.15) is 22.9 Å². The molecule has 3 aliphatic rings. The Hall–Kier alpha value is -6.50. The number of Topliss-reactive ketones (excluding diaryl/α,β-unsaturated/α-hetero) is 3. The molecule has 60 heavy (non-hydrogen) atoms. The molecule has 0 aliphatic heterocycles. The van der Waals surface area contributed by atoms with Crippen LogP contribution in [-0.4, -0.2) is 32.3 Å². The van der Waals surface area contributed by atoms with Crippen molar-refractivity contribution >= 4 is 44.9 Å². The molecule has 0 N–H and O–H groups in total. The van der Waals surface area contributed by atoms with E-state index in [2.05, 4.69) is 66.4 Å². The van der Waals surface area contributed by atoms with E-state index in [1.807, 2.05) is 66.7 Å². The van der Waals surface area contributed by atoms with Crippen LogP contribution in [0.4, 0.5) is 4.39 Å². The molecule has 3 heterocycles. The minimum Gasteiger partial charge on any atom is -0.294 e. The van der Waals surface area contributed by atoms with Gasteiger partial charge in [0.25, 0.3) is 0 Å². The number of carbonyl (C=O) groups excluding carboxylic acids is 3. The summed E-state index contributed by atoms with van der Waals surface area (Å²) in [6.07, 6.45) is 7.02. The van der Waals surface area contributed by atoms with Crippen LogP contribution in [0.3, 0.4) is 0 Å². The van der Waals surface area contributed by atoms with Gasteiger partial charge in [-0.15, -0.1) is 0 Å². The van der Waals surface area contributed by atoms with Gasteiger partial charge in [0.2, 0.25) is 0 Å². The normalized spacial score (nSPS) is 13.3. The topological polar surface area (TPSA) is 89.9 Å². The summed E-state index contributed by atoms with van der Waals surface area (Å²) in [6.45, 7) is 0. The third-order valence-corrected chi connectivity index (χ3v) is 10.5. The Labute approximate surface area is 362 Å². The SMILES string of the molecule is O=C1CCCc2nc(C#Cc3cccc(Br)c3)ccc21.O=C1CCCc2nc(C#Cc3cccc(Cl)c3)ccc21.O=C1CCCc2nc(C#Cc3cccc(F)c3)ccc21. The summed E-state index contributed by atoms with van der Waals surface area (Å²) in [5.41, 5.74) is 9.26. The fourth-order valence-electron chi connectivity index (χ4n) is 6.81. The van der Waals surface area contributed by atoms with E-state index in [1.165, 1.54) is 12.1 Å². The number of ketones is 3. The van der Waals surface area contributed by atoms with Crippen LogP contribution in [-0.2, 0) is 19.3 Å². The average molecular weight is 873 g/mol. The number of aromatic nitrogens is 3. The van der Waals surface area contributed by atoms with E-state index in [9.17, 15) is 18.8 Å². The smallest absolute Gasteiger partial charge is 0.164 e. The summed E-state index contributed by atoms with van der Waals surface area (Å²) in [5, 5.41) is 0.667. The first-order chi connectivity index (χ1) is 29.2. The van der Waals surface area contributed by atoms with Crippen molar-refractivity contribution in [3.8, 4) is 35.5 Å². The molecule has 6 nitrogen and oxygen atoms in total. The molecule has 0 saturated heterocycles. The van der Waals surface area contributed by atoms with E-state index in [0.29, 0.717) is 46.8 Å². The Balaban J connectivity index is 0.000000136. The molecule has 294 valence electrons. The lowest BCUT2D eigenvalue weighted by Crippen LogP contribution is -2.12. The molecular formula is C51H36BrClFN3O3. The summed E-state index contributed by atoms with van der Waals surface area (Å²) in [7, 11) is 0. The molecule has 0 unspecified atom stereocenters. The third-order valence-electron chi connectivity index (χ3n) is 9.75. The number of hydrogen-bond donors (Lipinski definition) is 0. The van der Waals surface area contributed by atoms with Gasteiger partial charge in [0.05, 0.1) is 17.1 Å². The van der Waals surface area contributed by atoms with Gasteiger partial charge >= 0.3 is 0 Å². The van der Waals surface area contributed by atoms with E-state index < -0.39 is 0 Å². The molecule has 0 bridgehead atoms. The predicted octanol–water partition coefficient (Wildman–Crippen LogP) is 10.6. The van der Waals surface area contributed by atoms with Crippen molar-refractivity contribution in [3.05, 3.63) is 192 Å². The number of pyridine rings is 3. The molecule has 0 saturated carbocycles. The number of aryl methyl sites for hydroxylation is 3. The van der Waals surface area contributed by atoms with Crippen LogP contribution < -0.4 is 0 Å². The number of halogens is 3. The van der Waals surface area contributed by atoms with Gasteiger partial charge < -0.3 is 0 Å². The average Bonchev–Trinajstić information content (AvgIpc) is 3.25. The van der Waals surface area contributed by atoms with Gasteiger partial charge in [0, 0.05) is 62.1 Å². The van der Waals surface area contributed by atoms with E-state index in [1.54, 1.807) is 30.3 Å². The van der Waals surface area contributed by atoms with Gasteiger partial charge in [-0.25, -0.2) is 19.3 Å². The van der Waals surface area contributed by atoms with Crippen LogP contribution in [0, 0.1) is 41.3 Å². The molecule has 6 aromatic rings. The van der Waals surface area contributed by atoms with Crippen molar-refractivity contribution in [2.45, 2.75) is 57.8 Å². The Morgan fingerprint density at radius 3 is 1.28 bits per heavy atom. The molecule has 0 amide bonds. The van der Waals surface area contributed by atoms with Gasteiger partial charge in [-0.1, -0.05) is 63.5 Å². The second-order valence-electron chi connectivity index (χ2n) is 14.2. The first kappa shape index (κ1) is 41.7. The summed E-state index contributed by atoms with van der Waals surface area (Å²) < 4.78 is 14.0. The van der Waals surface area contributed by atoms with Crippen LogP contribution >= 0.6 is 27.5 Å². The molecule has 0 fully saturated rings. The fraction of sp³-hybridized carbons (Fsp3) is 0.176. The van der Waals surface area contributed by atoms with Crippen molar-refractivity contribution < 1.29 is 18.8 Å². The zero-order chi connectivity index (χ0) is 41.8. The molecule has 3 aromatic heterocycles. The van der Waals surface area contributed by atoms with Crippen molar-refractivity contribution in [2.75, 3.05) is 0 Å². The molecule has 9 rings (SSSR count). The predicted molar refractivity (Wildman–Crippen MR) is 234 cm³/mol. The molecule has 0 spiro atoms. The molecule has 0 radical (unpaired) electrons. The lowest BCUT2D eigenvalue weighted by molar-refractivity contribution is 0.0963. The maximum atomic E-state index is 13.0. The standard InChI is InChI=1S/C17H12BrNO.C17H12ClNO.C17H12FNO/c3*18-13-4-1-3-12(11-13)7-8-14-9-10-15-16(19-14)5-2-6-17(15)20/h3*1,3-4,9-11H,2,5-6H2. The summed E-state index contributed by atoms with van der Waals surface area (Å²) in [4.78, 5) is 48.5. The molecule has 3 aromatic carbocycles. The lowest BCUT2D eigenvalue weighted by Gasteiger charge is -2.12. The zero-order valence-electron chi connectivity index (χ0n) is 32.5. The van der Waals surface area contributed by atoms with E-state index >= 15 is 0 Å². The highest BCUT2D eigenvalue weighted by Gasteiger charge is 2.20. The van der Waals surface area contributed by atoms with Crippen LogP contribution in [0.5, 0.6) is 0 Å². The van der Waals surface area contributed by atoms with Crippen LogP contribution in [0.15, 0.2) is 114 Å². The highest BCUT2D eigenvalue weighted by atomic mass is 79.9. The van der Waals surface area contributed by atoms with Crippen molar-refractivity contribution in [2.24, 2.45) is 0 Å². The zero-order valence-corrected chi connectivity index (χ0v) is 34.8. The van der Waals surface area contributed by atoms with Gasteiger partial charge in [-0.3, -0.25) is 14.4 Å². The molecule has 3 aliphatic carbocycles. The Kier molecular flexibility index (Phi) is 13.9. The quantitative estimate of drug-likeness (QED) is 0.141. The minimum atomic E-state index is -0.305. The maximum absolute atomic E-state index is 13.0. The minimum absolute atomic E-state index is 0.156. The molecular weight excluding hydrogens is 837 g/mol. The number of nitrogens with zero attached hydrogens (tertiary/aromatic N) is 3. The number of carbonyl (C=O) groups is 3. The number of fused-ring (bicyclic) bond motifs is 3. The van der Waals surface area contributed by atoms with E-state index in [-0.39, 0.29) is 23.2 Å². The number of hydrogen-bond acceptors (Lipinski definition) is 6. The highest BCUT2D eigenvalue weighted by molar-refractivity contribution is 9.10. The van der Waals surface area contributed by atoms with Gasteiger partial charge in [-0.2, -0.15) is 0 Å². The third kappa shape index (κ3) is 11.4. The number of rotatable bonds is 0. The number of benzene rings is 3. The maximum Gasteiger partial charge on any atom is 0.164 e. The summed E-state index contributed by atoms with van der Waals surface area (Å²) in [6, 6.07) is 32.2. The van der Waals surface area contributed by atoms with E-state index in [0.717, 1.165) is 88.0 Å². The first-order valence-corrected chi connectivity index (χ1v) is 20.8. The molecule has 0 atom stereocenters. The molecule has 9 heteroatoms. The monoisotopic (exact) mass is 871 g/mol. The van der Waals surface area contributed by atoms with Crippen LogP contribution in [0.2, 0.25) is 5.02 Å². The van der Waals surface area contributed by atoms with Crippen LogP contribution in [0.25, 0.3) is 0 Å². The Bertz CT molecular complexity index is 2530. The van der Waals surface area contributed by atoms with Crippen molar-refractivity contribution in [3.63, 3.8) is 0 Å². The van der Waals surface area contributed by atoms with Crippen LogP contribution in [0.1, 0.15) is 120 Å². The highest BCUT2D eigenvalue weighted by Crippen LogP contribution is 2.22. The summed E-state index contributed by atoms with van der Waals surface area (Å²) in [5.74, 6) is 18.2. The van der Waals surface area contributed by atoms with Crippen molar-refractivity contribution in [1.82, 2.24) is 15.0 Å². The second kappa shape index (κ2) is 20.0. The Morgan fingerprint density at radius 1 is 0.467 bits per heavy atom. The fourth-order valence-corrected chi connectivity index (χ4v) is 7.40.